The summed E-state index contributed by atoms with van der Waals surface area (Å²) >= 11 is 0. The molecule has 2 amide bonds. The van der Waals surface area contributed by atoms with Crippen LogP contribution in [-0.2, 0) is 14.3 Å². The van der Waals surface area contributed by atoms with Crippen molar-refractivity contribution in [3.05, 3.63) is 0 Å². The molecular formula is C11H18N2O3. The number of rotatable bonds is 2. The third-order valence-electron chi connectivity index (χ3n) is 3.19. The predicted octanol–water partition coefficient (Wildman–Crippen LogP) is -0.0976. The summed E-state index contributed by atoms with van der Waals surface area (Å²) in [6.07, 6.45) is 2.62. The second-order valence-electron chi connectivity index (χ2n) is 4.51. The Morgan fingerprint density at radius 3 is 3.00 bits per heavy atom. The number of carbonyl (C=O) groups excluding carboxylic acids is 2. The van der Waals surface area contributed by atoms with E-state index < -0.39 is 0 Å². The third kappa shape index (κ3) is 2.52. The van der Waals surface area contributed by atoms with Crippen LogP contribution in [-0.4, -0.2) is 48.6 Å². The first-order valence-electron chi connectivity index (χ1n) is 5.84. The fourth-order valence-electron chi connectivity index (χ4n) is 2.26. The number of hydrogen-bond donors (Lipinski definition) is 1. The van der Waals surface area contributed by atoms with E-state index in [2.05, 4.69) is 5.32 Å². The first-order chi connectivity index (χ1) is 7.66. The highest BCUT2D eigenvalue weighted by atomic mass is 16.5. The summed E-state index contributed by atoms with van der Waals surface area (Å²) in [7, 11) is 0. The van der Waals surface area contributed by atoms with Gasteiger partial charge in [-0.2, -0.15) is 0 Å². The van der Waals surface area contributed by atoms with Crippen LogP contribution in [0.3, 0.4) is 0 Å². The molecule has 2 saturated heterocycles. The maximum atomic E-state index is 11.8. The van der Waals surface area contributed by atoms with Crippen molar-refractivity contribution in [1.82, 2.24) is 10.2 Å². The topological polar surface area (TPSA) is 58.6 Å². The van der Waals surface area contributed by atoms with E-state index in [1.807, 2.05) is 6.92 Å². The summed E-state index contributed by atoms with van der Waals surface area (Å²) in [6.45, 7) is 3.45. The molecule has 2 heterocycles. The van der Waals surface area contributed by atoms with Crippen molar-refractivity contribution in [3.63, 3.8) is 0 Å². The Hall–Kier alpha value is -1.10. The molecule has 2 rings (SSSR count). The van der Waals surface area contributed by atoms with Crippen LogP contribution in [0.5, 0.6) is 0 Å². The van der Waals surface area contributed by atoms with Crippen molar-refractivity contribution in [1.29, 1.82) is 0 Å². The van der Waals surface area contributed by atoms with Gasteiger partial charge in [0.15, 0.2) is 0 Å². The van der Waals surface area contributed by atoms with Crippen LogP contribution in [0.4, 0.5) is 0 Å². The lowest BCUT2D eigenvalue weighted by atomic mass is 10.1. The summed E-state index contributed by atoms with van der Waals surface area (Å²) in [5.74, 6) is -0.0514. The number of carbonyl (C=O) groups is 2. The van der Waals surface area contributed by atoms with Gasteiger partial charge in [-0.25, -0.2) is 0 Å². The number of nitrogens with zero attached hydrogens (tertiary/aromatic N) is 1. The zero-order valence-electron chi connectivity index (χ0n) is 9.57. The van der Waals surface area contributed by atoms with Gasteiger partial charge in [0.2, 0.25) is 11.8 Å². The zero-order valence-corrected chi connectivity index (χ0v) is 9.57. The molecule has 0 radical (unpaired) electrons. The molecule has 0 aromatic heterocycles. The maximum absolute atomic E-state index is 11.8. The number of hydrogen-bond acceptors (Lipinski definition) is 3. The van der Waals surface area contributed by atoms with E-state index >= 15 is 0 Å². The van der Waals surface area contributed by atoms with Gasteiger partial charge >= 0.3 is 0 Å². The molecule has 2 fully saturated rings. The van der Waals surface area contributed by atoms with E-state index in [1.165, 1.54) is 0 Å². The molecule has 2 unspecified atom stereocenters. The monoisotopic (exact) mass is 226 g/mol. The van der Waals surface area contributed by atoms with Crippen molar-refractivity contribution < 1.29 is 14.3 Å². The minimum Gasteiger partial charge on any atom is -0.376 e. The molecule has 5 nitrogen and oxygen atoms in total. The van der Waals surface area contributed by atoms with E-state index in [4.69, 9.17) is 4.74 Å². The first kappa shape index (κ1) is 11.4. The van der Waals surface area contributed by atoms with Gasteiger partial charge in [0, 0.05) is 25.6 Å². The quantitative estimate of drug-likeness (QED) is 0.715. The van der Waals surface area contributed by atoms with Gasteiger partial charge in [-0.1, -0.05) is 0 Å². The van der Waals surface area contributed by atoms with Gasteiger partial charge in [0.1, 0.15) is 0 Å². The van der Waals surface area contributed by atoms with E-state index in [0.717, 1.165) is 19.4 Å². The van der Waals surface area contributed by atoms with Gasteiger partial charge in [-0.3, -0.25) is 9.59 Å². The second kappa shape index (κ2) is 4.82. The van der Waals surface area contributed by atoms with Crippen molar-refractivity contribution in [2.45, 2.75) is 38.3 Å². The Morgan fingerprint density at radius 1 is 1.50 bits per heavy atom. The molecule has 0 aromatic rings. The van der Waals surface area contributed by atoms with Crippen LogP contribution in [0.25, 0.3) is 0 Å². The number of amides is 2. The fraction of sp³-hybridized carbons (Fsp3) is 0.818. The Morgan fingerprint density at radius 2 is 2.31 bits per heavy atom. The lowest BCUT2D eigenvalue weighted by Crippen LogP contribution is -2.43. The van der Waals surface area contributed by atoms with E-state index in [1.54, 1.807) is 4.90 Å². The van der Waals surface area contributed by atoms with Crippen molar-refractivity contribution in [2.75, 3.05) is 19.7 Å². The Balaban J connectivity index is 1.98. The Labute approximate surface area is 95.1 Å². The standard InChI is InChI=1S/C11H18N2O3/c1-8-5-10(14)12-6-11(15)13(8)7-9-3-2-4-16-9/h8-9H,2-7H2,1H3,(H,12,14). The summed E-state index contributed by atoms with van der Waals surface area (Å²) in [4.78, 5) is 24.9. The molecule has 0 aliphatic carbocycles. The summed E-state index contributed by atoms with van der Waals surface area (Å²) in [5.41, 5.74) is 0. The molecular weight excluding hydrogens is 208 g/mol. The molecule has 5 heteroatoms. The van der Waals surface area contributed by atoms with Gasteiger partial charge in [0.25, 0.3) is 0 Å². The van der Waals surface area contributed by atoms with Crippen LogP contribution in [0, 0.1) is 0 Å². The molecule has 0 spiro atoms. The molecule has 2 aliphatic rings. The van der Waals surface area contributed by atoms with E-state index in [9.17, 15) is 9.59 Å². The molecule has 1 N–H and O–H groups in total. The van der Waals surface area contributed by atoms with Crippen LogP contribution in [0.15, 0.2) is 0 Å². The molecule has 16 heavy (non-hydrogen) atoms. The SMILES string of the molecule is CC1CC(=O)NCC(=O)N1CC1CCCO1. The summed E-state index contributed by atoms with van der Waals surface area (Å²) in [6, 6.07) is -0.0285. The van der Waals surface area contributed by atoms with Gasteiger partial charge in [-0.05, 0) is 19.8 Å². The normalized spacial score (nSPS) is 31.4. The number of ether oxygens (including phenoxy) is 1. The highest BCUT2D eigenvalue weighted by Gasteiger charge is 2.29. The average Bonchev–Trinajstić information content (AvgIpc) is 2.71. The molecule has 2 atom stereocenters. The molecule has 90 valence electrons. The zero-order chi connectivity index (χ0) is 11.5. The highest BCUT2D eigenvalue weighted by Crippen LogP contribution is 2.16. The van der Waals surface area contributed by atoms with Crippen LogP contribution < -0.4 is 5.32 Å². The Bertz CT molecular complexity index is 287. The number of nitrogens with one attached hydrogen (secondary N) is 1. The Kier molecular flexibility index (Phi) is 3.43. The highest BCUT2D eigenvalue weighted by molar-refractivity contribution is 5.87. The van der Waals surface area contributed by atoms with E-state index in [-0.39, 0.29) is 30.5 Å². The predicted molar refractivity (Wildman–Crippen MR) is 57.8 cm³/mol. The minimum absolute atomic E-state index is 0.00569. The van der Waals surface area contributed by atoms with Crippen LogP contribution in [0.2, 0.25) is 0 Å². The van der Waals surface area contributed by atoms with Crippen LogP contribution >= 0.6 is 0 Å². The van der Waals surface area contributed by atoms with Crippen LogP contribution in [0.1, 0.15) is 26.2 Å². The van der Waals surface area contributed by atoms with Crippen molar-refractivity contribution in [2.24, 2.45) is 0 Å². The molecule has 2 aliphatic heterocycles. The van der Waals surface area contributed by atoms with E-state index in [0.29, 0.717) is 13.0 Å². The fourth-order valence-corrected chi connectivity index (χ4v) is 2.26. The molecule has 0 aromatic carbocycles. The minimum atomic E-state index is -0.0457. The van der Waals surface area contributed by atoms with Gasteiger partial charge in [0.05, 0.1) is 12.6 Å². The summed E-state index contributed by atoms with van der Waals surface area (Å²) in [5, 5.41) is 2.61. The average molecular weight is 226 g/mol. The third-order valence-corrected chi connectivity index (χ3v) is 3.19. The molecule has 0 saturated carbocycles. The molecule has 0 bridgehead atoms. The first-order valence-corrected chi connectivity index (χ1v) is 5.84. The van der Waals surface area contributed by atoms with Gasteiger partial charge in [-0.15, -0.1) is 0 Å². The lowest BCUT2D eigenvalue weighted by Gasteiger charge is -2.28. The largest absolute Gasteiger partial charge is 0.376 e. The smallest absolute Gasteiger partial charge is 0.242 e. The van der Waals surface area contributed by atoms with Crippen molar-refractivity contribution in [3.8, 4) is 0 Å². The van der Waals surface area contributed by atoms with Gasteiger partial charge < -0.3 is 15.0 Å². The lowest BCUT2D eigenvalue weighted by molar-refractivity contribution is -0.133. The summed E-state index contributed by atoms with van der Waals surface area (Å²) < 4.78 is 5.52. The maximum Gasteiger partial charge on any atom is 0.242 e. The second-order valence-corrected chi connectivity index (χ2v) is 4.51. The van der Waals surface area contributed by atoms with Crippen molar-refractivity contribution >= 4 is 11.8 Å².